The average Bonchev–Trinajstić information content (AvgIpc) is 2.61. The van der Waals surface area contributed by atoms with Crippen LogP contribution in [0.15, 0.2) is 14.5 Å². The van der Waals surface area contributed by atoms with E-state index in [0.29, 0.717) is 10.5 Å². The molecule has 1 aromatic heterocycles. The van der Waals surface area contributed by atoms with Crippen molar-refractivity contribution >= 4 is 55.8 Å². The van der Waals surface area contributed by atoms with Gasteiger partial charge in [-0.2, -0.15) is 0 Å². The van der Waals surface area contributed by atoms with Crippen LogP contribution >= 0.6 is 44.8 Å². The molecule has 0 amide bonds. The number of benzene rings is 1. The lowest BCUT2D eigenvalue weighted by Crippen LogP contribution is -2.29. The number of aryl methyl sites for hydroxylation is 1. The summed E-state index contributed by atoms with van der Waals surface area (Å²) in [7, 11) is 1.97. The van der Waals surface area contributed by atoms with Gasteiger partial charge in [0.2, 0.25) is 0 Å². The number of halogens is 2. The first kappa shape index (κ1) is 22.1. The molecule has 16 heteroatoms. The number of hydrogen-bond donors (Lipinski definition) is 2. The molecular formula is C12H10Cl2N4O8S2. The maximum absolute atomic E-state index is 11.7. The van der Waals surface area contributed by atoms with Gasteiger partial charge in [-0.15, -0.1) is 20.2 Å². The highest BCUT2D eigenvalue weighted by Crippen LogP contribution is 2.44. The minimum Gasteiger partial charge on any atom is -0.316 e. The van der Waals surface area contributed by atoms with Crippen molar-refractivity contribution in [1.82, 2.24) is 9.97 Å². The summed E-state index contributed by atoms with van der Waals surface area (Å²) in [5.74, 6) is -0.101. The van der Waals surface area contributed by atoms with Gasteiger partial charge in [0.05, 0.1) is 26.0 Å². The lowest BCUT2D eigenvalue weighted by atomic mass is 10.2. The number of aromatic amines is 2. The summed E-state index contributed by atoms with van der Waals surface area (Å²) in [6.07, 6.45) is -1.23. The van der Waals surface area contributed by atoms with Gasteiger partial charge in [0.25, 0.3) is 10.2 Å². The summed E-state index contributed by atoms with van der Waals surface area (Å²) in [6.45, 7) is 0.942. The van der Waals surface area contributed by atoms with Gasteiger partial charge in [-0.25, -0.2) is 0 Å². The SMILES string of the molecule is Cc1c(Cl)c(Cl)c(SSCC(CO[N+](=O)[O-])O[N+](=O)[O-])c2[nH]c(=O)c(=O)[nH]c12. The van der Waals surface area contributed by atoms with Crippen molar-refractivity contribution in [3.63, 3.8) is 0 Å². The molecule has 0 bridgehead atoms. The lowest BCUT2D eigenvalue weighted by Gasteiger charge is -2.15. The highest BCUT2D eigenvalue weighted by molar-refractivity contribution is 8.76. The van der Waals surface area contributed by atoms with Crippen LogP contribution in [-0.2, 0) is 9.68 Å². The topological polar surface area (TPSA) is 170 Å². The molecule has 152 valence electrons. The Balaban J connectivity index is 2.29. The molecule has 0 aliphatic carbocycles. The van der Waals surface area contributed by atoms with Crippen LogP contribution in [-0.4, -0.2) is 38.6 Å². The Morgan fingerprint density at radius 1 is 1.07 bits per heavy atom. The largest absolute Gasteiger partial charge is 0.316 e. The number of fused-ring (bicyclic) bond motifs is 1. The average molecular weight is 473 g/mol. The van der Waals surface area contributed by atoms with Gasteiger partial charge >= 0.3 is 11.1 Å². The molecule has 1 atom stereocenters. The second-order valence-corrected chi connectivity index (χ2v) is 8.19. The Hall–Kier alpha value is -2.16. The van der Waals surface area contributed by atoms with Crippen molar-refractivity contribution in [2.75, 3.05) is 12.4 Å². The standard InChI is InChI=1S/C12H10Cl2N4O8S2/c1-4-6(13)7(14)10(9-8(4)15-11(19)12(20)16-9)28-27-3-5(26-18(23)24)2-25-17(21)22/h5H,2-3H2,1H3,(H,15,19)(H,16,20). The zero-order chi connectivity index (χ0) is 21.0. The fraction of sp³-hybridized carbons (Fsp3) is 0.333. The highest BCUT2D eigenvalue weighted by Gasteiger charge is 2.20. The Kier molecular flexibility index (Phi) is 7.40. The number of hydrogen-bond acceptors (Lipinski definition) is 10. The van der Waals surface area contributed by atoms with Gasteiger partial charge in [-0.05, 0) is 12.5 Å². The van der Waals surface area contributed by atoms with Crippen LogP contribution in [0.4, 0.5) is 0 Å². The van der Waals surface area contributed by atoms with E-state index in [1.165, 1.54) is 0 Å². The van der Waals surface area contributed by atoms with Crippen molar-refractivity contribution in [3.8, 4) is 0 Å². The summed E-state index contributed by atoms with van der Waals surface area (Å²) in [5, 5.41) is 18.8. The van der Waals surface area contributed by atoms with Crippen LogP contribution in [0.3, 0.4) is 0 Å². The van der Waals surface area contributed by atoms with Crippen LogP contribution < -0.4 is 11.1 Å². The molecule has 1 aromatic carbocycles. The van der Waals surface area contributed by atoms with Gasteiger partial charge in [-0.1, -0.05) is 44.8 Å². The number of aromatic nitrogens is 2. The van der Waals surface area contributed by atoms with Gasteiger partial charge < -0.3 is 19.6 Å². The van der Waals surface area contributed by atoms with Crippen molar-refractivity contribution in [2.45, 2.75) is 17.9 Å². The van der Waals surface area contributed by atoms with E-state index in [1.54, 1.807) is 6.92 Å². The third-order valence-corrected chi connectivity index (χ3v) is 6.78. The van der Waals surface area contributed by atoms with Gasteiger partial charge in [0, 0.05) is 5.75 Å². The predicted octanol–water partition coefficient (Wildman–Crippen LogP) is 2.36. The Morgan fingerprint density at radius 3 is 2.25 bits per heavy atom. The molecular weight excluding hydrogens is 463 g/mol. The normalized spacial score (nSPS) is 12.0. The molecule has 0 fully saturated rings. The van der Waals surface area contributed by atoms with Crippen LogP contribution in [0, 0.1) is 27.2 Å². The minimum atomic E-state index is -1.23. The second-order valence-electron chi connectivity index (χ2n) is 5.08. The van der Waals surface area contributed by atoms with Crippen LogP contribution in [0.25, 0.3) is 11.0 Å². The first-order chi connectivity index (χ1) is 13.1. The van der Waals surface area contributed by atoms with Crippen LogP contribution in [0.1, 0.15) is 5.56 Å². The molecule has 0 aliphatic rings. The fourth-order valence-electron chi connectivity index (χ4n) is 2.02. The number of nitrogens with zero attached hydrogens (tertiary/aromatic N) is 2. The van der Waals surface area contributed by atoms with E-state index in [0.717, 1.165) is 21.6 Å². The molecule has 1 unspecified atom stereocenters. The van der Waals surface area contributed by atoms with Crippen LogP contribution in [0.5, 0.6) is 0 Å². The predicted molar refractivity (Wildman–Crippen MR) is 103 cm³/mol. The van der Waals surface area contributed by atoms with E-state index in [2.05, 4.69) is 19.6 Å². The summed E-state index contributed by atoms with van der Waals surface area (Å²) in [4.78, 5) is 57.6. The van der Waals surface area contributed by atoms with Gasteiger partial charge in [0.1, 0.15) is 12.7 Å². The van der Waals surface area contributed by atoms with Gasteiger partial charge in [0.15, 0.2) is 0 Å². The molecule has 1 heterocycles. The van der Waals surface area contributed by atoms with Crippen molar-refractivity contribution in [1.29, 1.82) is 0 Å². The number of rotatable bonds is 9. The first-order valence-electron chi connectivity index (χ1n) is 7.13. The van der Waals surface area contributed by atoms with E-state index in [-0.39, 0.29) is 26.8 Å². The van der Waals surface area contributed by atoms with Crippen molar-refractivity contribution < 1.29 is 19.8 Å². The summed E-state index contributed by atoms with van der Waals surface area (Å²) in [6, 6.07) is 0. The van der Waals surface area contributed by atoms with E-state index < -0.39 is 34.0 Å². The van der Waals surface area contributed by atoms with Crippen molar-refractivity contribution in [2.24, 2.45) is 0 Å². The molecule has 0 saturated carbocycles. The third kappa shape index (κ3) is 5.21. The quantitative estimate of drug-likeness (QED) is 0.238. The number of nitrogens with one attached hydrogen (secondary N) is 2. The zero-order valence-electron chi connectivity index (χ0n) is 13.7. The maximum atomic E-state index is 11.7. The van der Waals surface area contributed by atoms with E-state index in [4.69, 9.17) is 23.2 Å². The molecule has 2 rings (SSSR count). The molecule has 0 radical (unpaired) electrons. The Labute approximate surface area is 172 Å². The zero-order valence-corrected chi connectivity index (χ0v) is 16.9. The minimum absolute atomic E-state index is 0.0974. The monoisotopic (exact) mass is 472 g/mol. The smallest absolute Gasteiger partial charge is 0.314 e. The second kappa shape index (κ2) is 9.36. The molecule has 0 saturated heterocycles. The molecule has 0 aliphatic heterocycles. The molecule has 2 N–H and O–H groups in total. The summed E-state index contributed by atoms with van der Waals surface area (Å²) in [5.41, 5.74) is -0.822. The lowest BCUT2D eigenvalue weighted by molar-refractivity contribution is -0.788. The fourth-order valence-corrected chi connectivity index (χ4v) is 5.18. The molecule has 2 aromatic rings. The Morgan fingerprint density at radius 2 is 1.68 bits per heavy atom. The van der Waals surface area contributed by atoms with E-state index >= 15 is 0 Å². The molecule has 0 spiro atoms. The van der Waals surface area contributed by atoms with Crippen LogP contribution in [0.2, 0.25) is 10.0 Å². The Bertz CT molecular complexity index is 1040. The number of H-pyrrole nitrogens is 2. The van der Waals surface area contributed by atoms with Gasteiger partial charge in [-0.3, -0.25) is 9.59 Å². The first-order valence-corrected chi connectivity index (χ1v) is 10.2. The summed E-state index contributed by atoms with van der Waals surface area (Å²) >= 11 is 12.4. The molecule has 12 nitrogen and oxygen atoms in total. The van der Waals surface area contributed by atoms with E-state index in [9.17, 15) is 29.8 Å². The van der Waals surface area contributed by atoms with Crippen molar-refractivity contribution in [3.05, 3.63) is 56.5 Å². The third-order valence-electron chi connectivity index (χ3n) is 3.25. The highest BCUT2D eigenvalue weighted by atomic mass is 35.5. The van der Waals surface area contributed by atoms with E-state index in [1.807, 2.05) is 0 Å². The molecule has 28 heavy (non-hydrogen) atoms. The maximum Gasteiger partial charge on any atom is 0.314 e. The summed E-state index contributed by atoms with van der Waals surface area (Å²) < 4.78 is 0.